The predicted molar refractivity (Wildman–Crippen MR) is 105 cm³/mol. The Hall–Kier alpha value is -3.01. The maximum Gasteiger partial charge on any atom is 0.340 e. The first-order valence-electron chi connectivity index (χ1n) is 9.29. The lowest BCUT2D eigenvalue weighted by Gasteiger charge is -2.31. The fourth-order valence-corrected chi connectivity index (χ4v) is 2.98. The SMILES string of the molecule is C#CCN(NC(=O)Cc1ccccc1)C(=O)N1CCC[C@H]1C(=O)OC(C)(C)C. The fourth-order valence-electron chi connectivity index (χ4n) is 2.98. The van der Waals surface area contributed by atoms with E-state index in [1.807, 2.05) is 30.3 Å². The summed E-state index contributed by atoms with van der Waals surface area (Å²) >= 11 is 0. The van der Waals surface area contributed by atoms with Crippen molar-refractivity contribution in [3.8, 4) is 12.3 Å². The van der Waals surface area contributed by atoms with E-state index in [-0.39, 0.29) is 18.9 Å². The average Bonchev–Trinajstić information content (AvgIpc) is 3.10. The third kappa shape index (κ3) is 6.02. The highest BCUT2D eigenvalue weighted by Gasteiger charge is 2.39. The van der Waals surface area contributed by atoms with Gasteiger partial charge in [0.15, 0.2) is 0 Å². The van der Waals surface area contributed by atoms with Crippen LogP contribution in [0, 0.1) is 12.3 Å². The Morgan fingerprint density at radius 3 is 2.57 bits per heavy atom. The molecule has 1 fully saturated rings. The van der Waals surface area contributed by atoms with Crippen LogP contribution in [0.4, 0.5) is 4.79 Å². The van der Waals surface area contributed by atoms with E-state index in [1.54, 1.807) is 20.8 Å². The van der Waals surface area contributed by atoms with E-state index < -0.39 is 23.6 Å². The van der Waals surface area contributed by atoms with Gasteiger partial charge in [0.2, 0.25) is 5.91 Å². The number of ether oxygens (including phenoxy) is 1. The van der Waals surface area contributed by atoms with Crippen molar-refractivity contribution in [1.82, 2.24) is 15.3 Å². The lowest BCUT2D eigenvalue weighted by Crippen LogP contribution is -2.55. The van der Waals surface area contributed by atoms with Crippen LogP contribution in [-0.4, -0.2) is 52.5 Å². The largest absolute Gasteiger partial charge is 0.458 e. The molecule has 1 N–H and O–H groups in total. The molecule has 3 amide bonds. The molecule has 0 bridgehead atoms. The number of nitrogens with one attached hydrogen (secondary N) is 1. The Labute approximate surface area is 166 Å². The van der Waals surface area contributed by atoms with Gasteiger partial charge in [0.25, 0.3) is 0 Å². The molecule has 1 saturated heterocycles. The number of amides is 3. The van der Waals surface area contributed by atoms with Gasteiger partial charge in [-0.05, 0) is 39.2 Å². The Balaban J connectivity index is 2.05. The van der Waals surface area contributed by atoms with E-state index in [1.165, 1.54) is 4.90 Å². The maximum absolute atomic E-state index is 12.9. The number of likely N-dealkylation sites (tertiary alicyclic amines) is 1. The van der Waals surface area contributed by atoms with Crippen LogP contribution in [0.3, 0.4) is 0 Å². The monoisotopic (exact) mass is 385 g/mol. The van der Waals surface area contributed by atoms with Gasteiger partial charge in [-0.2, -0.15) is 0 Å². The van der Waals surface area contributed by atoms with Gasteiger partial charge in [-0.25, -0.2) is 14.6 Å². The van der Waals surface area contributed by atoms with Crippen LogP contribution in [0.5, 0.6) is 0 Å². The van der Waals surface area contributed by atoms with Crippen molar-refractivity contribution in [3.63, 3.8) is 0 Å². The first-order chi connectivity index (χ1) is 13.2. The van der Waals surface area contributed by atoms with E-state index in [2.05, 4.69) is 11.3 Å². The summed E-state index contributed by atoms with van der Waals surface area (Å²) in [6.07, 6.45) is 6.68. The lowest BCUT2D eigenvalue weighted by atomic mass is 10.1. The van der Waals surface area contributed by atoms with Gasteiger partial charge in [-0.1, -0.05) is 36.3 Å². The molecule has 0 radical (unpaired) electrons. The molecule has 1 atom stereocenters. The Morgan fingerprint density at radius 1 is 1.29 bits per heavy atom. The Kier molecular flexibility index (Phi) is 7.05. The van der Waals surface area contributed by atoms with Gasteiger partial charge in [0.05, 0.1) is 6.42 Å². The number of terminal acetylenes is 1. The highest BCUT2D eigenvalue weighted by molar-refractivity contribution is 5.87. The molecule has 1 aliphatic rings. The third-order valence-corrected chi connectivity index (χ3v) is 4.12. The van der Waals surface area contributed by atoms with E-state index in [4.69, 9.17) is 11.2 Å². The molecule has 1 aromatic rings. The minimum atomic E-state index is -0.682. The summed E-state index contributed by atoms with van der Waals surface area (Å²) in [6.45, 7) is 5.64. The summed E-state index contributed by atoms with van der Waals surface area (Å²) in [5.74, 6) is 1.56. The molecule has 0 spiro atoms. The van der Waals surface area contributed by atoms with Crippen LogP contribution < -0.4 is 5.43 Å². The normalized spacial score (nSPS) is 16.2. The number of esters is 1. The molecular weight excluding hydrogens is 358 g/mol. The summed E-state index contributed by atoms with van der Waals surface area (Å²) in [5, 5.41) is 1.08. The van der Waals surface area contributed by atoms with Gasteiger partial charge < -0.3 is 9.64 Å². The zero-order chi connectivity index (χ0) is 20.7. The summed E-state index contributed by atoms with van der Waals surface area (Å²) in [4.78, 5) is 39.1. The van der Waals surface area contributed by atoms with Crippen molar-refractivity contribution in [2.24, 2.45) is 0 Å². The Morgan fingerprint density at radius 2 is 1.96 bits per heavy atom. The van der Waals surface area contributed by atoms with Crippen molar-refractivity contribution in [1.29, 1.82) is 0 Å². The number of hydrogen-bond acceptors (Lipinski definition) is 4. The van der Waals surface area contributed by atoms with Gasteiger partial charge in [-0.15, -0.1) is 6.42 Å². The Bertz CT molecular complexity index is 749. The van der Waals surface area contributed by atoms with E-state index in [9.17, 15) is 14.4 Å². The molecule has 0 aliphatic carbocycles. The van der Waals surface area contributed by atoms with E-state index in [0.717, 1.165) is 10.6 Å². The number of hydrogen-bond donors (Lipinski definition) is 1. The first-order valence-corrected chi connectivity index (χ1v) is 9.29. The lowest BCUT2D eigenvalue weighted by molar-refractivity contribution is -0.159. The summed E-state index contributed by atoms with van der Waals surface area (Å²) in [5.41, 5.74) is 2.74. The topological polar surface area (TPSA) is 79.0 Å². The first kappa shape index (κ1) is 21.3. The molecule has 7 heteroatoms. The molecule has 1 aromatic carbocycles. The van der Waals surface area contributed by atoms with Crippen LogP contribution in [0.1, 0.15) is 39.2 Å². The summed E-state index contributed by atoms with van der Waals surface area (Å²) in [7, 11) is 0. The molecule has 0 saturated carbocycles. The van der Waals surface area contributed by atoms with Crippen LogP contribution in [0.25, 0.3) is 0 Å². The second kappa shape index (κ2) is 9.27. The molecule has 150 valence electrons. The number of rotatable bonds is 4. The molecule has 2 rings (SSSR count). The number of carbonyl (C=O) groups excluding carboxylic acids is 3. The summed E-state index contributed by atoms with van der Waals surface area (Å²) in [6, 6.07) is 7.99. The second-order valence-corrected chi connectivity index (χ2v) is 7.66. The number of urea groups is 1. The highest BCUT2D eigenvalue weighted by Crippen LogP contribution is 2.22. The van der Waals surface area contributed by atoms with E-state index >= 15 is 0 Å². The quantitative estimate of drug-likeness (QED) is 0.489. The fraction of sp³-hybridized carbons (Fsp3) is 0.476. The predicted octanol–water partition coefficient (Wildman–Crippen LogP) is 2.12. The smallest absolute Gasteiger partial charge is 0.340 e. The molecule has 28 heavy (non-hydrogen) atoms. The minimum absolute atomic E-state index is 0.100. The average molecular weight is 385 g/mol. The van der Waals surface area contributed by atoms with Gasteiger partial charge in [-0.3, -0.25) is 10.2 Å². The van der Waals surface area contributed by atoms with Gasteiger partial charge in [0, 0.05) is 6.54 Å². The molecule has 7 nitrogen and oxygen atoms in total. The van der Waals surface area contributed by atoms with Crippen molar-refractivity contribution < 1.29 is 19.1 Å². The standard InChI is InChI=1S/C21H27N3O4/c1-5-13-24(22-18(25)15-16-10-7-6-8-11-16)20(27)23-14-9-12-17(23)19(26)28-21(2,3)4/h1,6-8,10-11,17H,9,12-15H2,2-4H3,(H,22,25)/t17-/m0/s1. The van der Waals surface area contributed by atoms with E-state index in [0.29, 0.717) is 19.4 Å². The number of carbonyl (C=O) groups is 3. The van der Waals surface area contributed by atoms with Crippen LogP contribution in [0.2, 0.25) is 0 Å². The number of benzene rings is 1. The summed E-state index contributed by atoms with van der Waals surface area (Å²) < 4.78 is 5.42. The maximum atomic E-state index is 12.9. The molecule has 1 heterocycles. The van der Waals surface area contributed by atoms with Crippen molar-refractivity contribution >= 4 is 17.9 Å². The molecular formula is C21H27N3O4. The van der Waals surface area contributed by atoms with Crippen LogP contribution in [0.15, 0.2) is 30.3 Å². The molecule has 0 aromatic heterocycles. The molecule has 0 unspecified atom stereocenters. The third-order valence-electron chi connectivity index (χ3n) is 4.12. The number of nitrogens with zero attached hydrogens (tertiary/aromatic N) is 2. The van der Waals surface area contributed by atoms with Crippen LogP contribution in [-0.2, 0) is 20.7 Å². The zero-order valence-corrected chi connectivity index (χ0v) is 16.6. The number of hydrazine groups is 1. The highest BCUT2D eigenvalue weighted by atomic mass is 16.6. The van der Waals surface area contributed by atoms with Gasteiger partial charge in [0.1, 0.15) is 18.2 Å². The van der Waals surface area contributed by atoms with Crippen molar-refractivity contribution in [3.05, 3.63) is 35.9 Å². The zero-order valence-electron chi connectivity index (χ0n) is 16.6. The molecule has 1 aliphatic heterocycles. The van der Waals surface area contributed by atoms with Crippen molar-refractivity contribution in [2.45, 2.75) is 51.7 Å². The second-order valence-electron chi connectivity index (χ2n) is 7.66. The van der Waals surface area contributed by atoms with Crippen molar-refractivity contribution in [2.75, 3.05) is 13.1 Å². The van der Waals surface area contributed by atoms with Crippen LogP contribution >= 0.6 is 0 Å². The van der Waals surface area contributed by atoms with Gasteiger partial charge >= 0.3 is 12.0 Å². The minimum Gasteiger partial charge on any atom is -0.458 e.